The summed E-state index contributed by atoms with van der Waals surface area (Å²) in [7, 11) is 0. The van der Waals surface area contributed by atoms with Crippen molar-refractivity contribution in [3.05, 3.63) is 109 Å². The standard InChI is InChI=1S/C14H19NO4.C12H12N4O3S.C3H2N3O2S.ClH/c1-14(2,3)19-13(18)15-11(12(16)17)9-10-7-5-4-6-8-10;13-9(6-8-4-2-1-3-5-8)11(17)15-12-14-7-10(20-12)16(18)19;4-3-5-1-2(9-3)6(7)8;/h4-8,11H,9H2,1-3H3,(H,15,18)(H,16,17);1-5,7,9H,6,13H2,(H,14,15,17);(H2,4,5);1H/q;;+1;/t11-;9-;;/m00../s1. The van der Waals surface area contributed by atoms with Crippen molar-refractivity contribution in [3.63, 3.8) is 0 Å². The van der Waals surface area contributed by atoms with Crippen molar-refractivity contribution in [2.24, 2.45) is 16.5 Å². The van der Waals surface area contributed by atoms with E-state index in [1.807, 2.05) is 60.7 Å². The van der Waals surface area contributed by atoms with Gasteiger partial charge in [0.1, 0.15) is 22.8 Å². The van der Waals surface area contributed by atoms with Crippen LogP contribution in [0.3, 0.4) is 0 Å². The zero-order valence-electron chi connectivity index (χ0n) is 26.3. The number of hydrogen-bond acceptors (Lipinski definition) is 14. The van der Waals surface area contributed by atoms with Crippen LogP contribution in [0.4, 0.5) is 14.9 Å². The van der Waals surface area contributed by atoms with E-state index in [0.717, 1.165) is 40.4 Å². The number of carbonyl (C=O) groups is 3. The number of nitrogens with zero attached hydrogens (tertiary/aromatic N) is 4. The number of amidine groups is 1. The number of ether oxygens (including phenoxy) is 1. The van der Waals surface area contributed by atoms with Crippen LogP contribution in [0.5, 0.6) is 0 Å². The normalized spacial score (nSPS) is 12.7. The summed E-state index contributed by atoms with van der Waals surface area (Å²) >= 11 is 1.60. The Bertz CT molecular complexity index is 1640. The molecule has 262 valence electrons. The lowest BCUT2D eigenvalue weighted by molar-refractivity contribution is -0.411. The Kier molecular flexibility index (Phi) is 17.3. The third-order valence-electron chi connectivity index (χ3n) is 5.44. The smallest absolute Gasteiger partial charge is 0.480 e. The highest BCUT2D eigenvalue weighted by Gasteiger charge is 2.32. The molecule has 0 spiro atoms. The van der Waals surface area contributed by atoms with Crippen LogP contribution in [0.1, 0.15) is 31.9 Å². The van der Waals surface area contributed by atoms with Gasteiger partial charge in [0.25, 0.3) is 0 Å². The first-order valence-corrected chi connectivity index (χ1v) is 15.4. The number of carboxylic acid groups (broad SMARTS) is 1. The molecule has 2 amide bonds. The second-order valence-electron chi connectivity index (χ2n) is 10.5. The Hall–Kier alpha value is -5.20. The molecule has 0 saturated carbocycles. The lowest BCUT2D eigenvalue weighted by Gasteiger charge is -2.22. The monoisotopic (exact) mass is 737 g/mol. The van der Waals surface area contributed by atoms with Crippen LogP contribution < -0.4 is 22.1 Å². The van der Waals surface area contributed by atoms with Gasteiger partial charge in [0.05, 0.1) is 11.0 Å². The number of thiazole rings is 1. The number of alkyl carbamates (subject to hydrolysis) is 1. The van der Waals surface area contributed by atoms with Crippen molar-refractivity contribution >= 4 is 68.8 Å². The van der Waals surface area contributed by atoms with E-state index in [-0.39, 0.29) is 39.2 Å². The predicted molar refractivity (Wildman–Crippen MR) is 187 cm³/mol. The molecule has 17 nitrogen and oxygen atoms in total. The zero-order chi connectivity index (χ0) is 35.9. The van der Waals surface area contributed by atoms with Gasteiger partial charge in [-0.2, -0.15) is 0 Å². The number of amides is 2. The van der Waals surface area contributed by atoms with Crippen LogP contribution in [0, 0.1) is 26.4 Å². The average Bonchev–Trinajstić information content (AvgIpc) is 3.67. The quantitative estimate of drug-likeness (QED) is 0.111. The van der Waals surface area contributed by atoms with E-state index in [1.54, 1.807) is 20.8 Å². The molecule has 0 radical (unpaired) electrons. The summed E-state index contributed by atoms with van der Waals surface area (Å²) in [4.78, 5) is 61.0. The van der Waals surface area contributed by atoms with Gasteiger partial charge in [-0.1, -0.05) is 60.7 Å². The molecule has 0 bridgehead atoms. The van der Waals surface area contributed by atoms with Gasteiger partial charge >= 0.3 is 33.5 Å². The number of aliphatic imine (C=N–C) groups is 1. The number of halogens is 1. The molecule has 1 aliphatic rings. The molecule has 3 aromatic rings. The summed E-state index contributed by atoms with van der Waals surface area (Å²) < 4.78 is 5.04. The Balaban J connectivity index is 0.000000388. The number of benzene rings is 2. The van der Waals surface area contributed by atoms with Crippen molar-refractivity contribution in [1.29, 1.82) is 0 Å². The summed E-state index contributed by atoms with van der Waals surface area (Å²) in [5, 5.41) is 34.4. The minimum Gasteiger partial charge on any atom is -0.480 e. The number of carboxylic acids is 1. The molecular formula is C29H34ClN8O9S2+. The van der Waals surface area contributed by atoms with Crippen LogP contribution in [0.25, 0.3) is 0 Å². The first-order valence-electron chi connectivity index (χ1n) is 13.8. The second-order valence-corrected chi connectivity index (χ2v) is 12.5. The van der Waals surface area contributed by atoms with Gasteiger partial charge in [-0.05, 0) is 49.7 Å². The van der Waals surface area contributed by atoms with Gasteiger partial charge in [-0.25, -0.2) is 14.6 Å². The third kappa shape index (κ3) is 16.5. The predicted octanol–water partition coefficient (Wildman–Crippen LogP) is 4.12. The van der Waals surface area contributed by atoms with Gasteiger partial charge in [0, 0.05) is 11.4 Å². The van der Waals surface area contributed by atoms with Crippen LogP contribution in [-0.4, -0.2) is 60.8 Å². The number of rotatable bonds is 10. The number of aromatic nitrogens is 1. The molecular weight excluding hydrogens is 704 g/mol. The van der Waals surface area contributed by atoms with Gasteiger partial charge in [0.15, 0.2) is 16.9 Å². The lowest BCUT2D eigenvalue weighted by Crippen LogP contribution is -2.44. The SMILES string of the molecule is CC(C)(C)OC(=O)N[C@@H](Cc1ccccc1)C(=O)O.Cl.NC1=N[C+]=C([N+](=O)[O-])S1.N[C@@H](Cc1ccccc1)C(=O)Nc1ncc([N+](=O)[O-])s1. The Labute approximate surface area is 294 Å². The minimum absolute atomic E-state index is 0. The fraction of sp³-hybridized carbons (Fsp3) is 0.276. The molecule has 1 aromatic heterocycles. The van der Waals surface area contributed by atoms with Crippen molar-refractivity contribution in [3.8, 4) is 0 Å². The van der Waals surface area contributed by atoms with Gasteiger partial charge in [-0.15, -0.1) is 12.4 Å². The highest BCUT2D eigenvalue weighted by Crippen LogP contribution is 2.25. The maximum Gasteiger partial charge on any atom is 0.492 e. The highest BCUT2D eigenvalue weighted by molar-refractivity contribution is 8.17. The largest absolute Gasteiger partial charge is 0.492 e. The average molecular weight is 738 g/mol. The molecule has 2 heterocycles. The number of nitro groups is 2. The summed E-state index contributed by atoms with van der Waals surface area (Å²) in [5.41, 5.74) is 12.0. The molecule has 1 aliphatic heterocycles. The number of aliphatic carboxylic acids is 1. The molecule has 7 N–H and O–H groups in total. The molecule has 20 heteroatoms. The van der Waals surface area contributed by atoms with E-state index in [9.17, 15) is 34.6 Å². The maximum atomic E-state index is 11.9. The van der Waals surface area contributed by atoms with Gasteiger partial charge in [-0.3, -0.25) is 25.0 Å². The molecule has 0 unspecified atom stereocenters. The maximum absolute atomic E-state index is 11.9. The minimum atomic E-state index is -1.09. The van der Waals surface area contributed by atoms with Crippen molar-refractivity contribution in [1.82, 2.24) is 10.3 Å². The Morgan fingerprint density at radius 2 is 1.55 bits per heavy atom. The summed E-state index contributed by atoms with van der Waals surface area (Å²) in [5.74, 6) is -1.51. The number of carbonyl (C=O) groups excluding carboxylic acids is 2. The Morgan fingerprint density at radius 3 is 1.96 bits per heavy atom. The second kappa shape index (κ2) is 20.2. The first kappa shape index (κ1) is 41.8. The fourth-order valence-corrected chi connectivity index (χ4v) is 4.48. The van der Waals surface area contributed by atoms with Crippen LogP contribution in [0.2, 0.25) is 0 Å². The number of nitrogens with one attached hydrogen (secondary N) is 2. The van der Waals surface area contributed by atoms with Crippen molar-refractivity contribution < 1.29 is 34.1 Å². The summed E-state index contributed by atoms with van der Waals surface area (Å²) in [6.45, 7) is 5.17. The molecule has 0 aliphatic carbocycles. The fourth-order valence-electron chi connectivity index (χ4n) is 3.39. The number of thioether (sulfide) groups is 1. The topological polar surface area (TPSA) is 268 Å². The molecule has 49 heavy (non-hydrogen) atoms. The van der Waals surface area contributed by atoms with Crippen molar-refractivity contribution in [2.75, 3.05) is 5.32 Å². The van der Waals surface area contributed by atoms with Crippen LogP contribution >= 0.6 is 35.5 Å². The third-order valence-corrected chi connectivity index (χ3v) is 7.04. The number of nitrogens with two attached hydrogens (primary N) is 2. The first-order chi connectivity index (χ1) is 22.5. The summed E-state index contributed by atoms with van der Waals surface area (Å²) in [6.07, 6.45) is 3.13. The number of anilines is 1. The van der Waals surface area contributed by atoms with E-state index in [1.165, 1.54) is 0 Å². The number of hydrogen-bond donors (Lipinski definition) is 5. The zero-order valence-corrected chi connectivity index (χ0v) is 28.8. The van der Waals surface area contributed by atoms with E-state index in [2.05, 4.69) is 26.8 Å². The molecule has 0 fully saturated rings. The summed E-state index contributed by atoms with van der Waals surface area (Å²) in [6, 6.07) is 16.7. The van der Waals surface area contributed by atoms with Gasteiger partial charge in [0.2, 0.25) is 5.91 Å². The van der Waals surface area contributed by atoms with E-state index in [0.29, 0.717) is 6.42 Å². The van der Waals surface area contributed by atoms with Crippen molar-refractivity contribution in [2.45, 2.75) is 51.3 Å². The van der Waals surface area contributed by atoms with E-state index in [4.69, 9.17) is 21.3 Å². The van der Waals surface area contributed by atoms with E-state index >= 15 is 0 Å². The van der Waals surface area contributed by atoms with Gasteiger partial charge < -0.3 is 31.9 Å². The Morgan fingerprint density at radius 1 is 1.00 bits per heavy atom. The molecule has 2 atom stereocenters. The highest BCUT2D eigenvalue weighted by atomic mass is 35.5. The van der Waals surface area contributed by atoms with E-state index < -0.39 is 45.5 Å². The molecule has 2 aromatic carbocycles. The van der Waals surface area contributed by atoms with Crippen LogP contribution in [-0.2, 0) is 27.2 Å². The molecule has 0 saturated heterocycles. The lowest BCUT2D eigenvalue weighted by atomic mass is 10.1. The molecule has 4 rings (SSSR count). The van der Waals surface area contributed by atoms with Crippen LogP contribution in [0.15, 0.2) is 76.9 Å².